The van der Waals surface area contributed by atoms with Crippen LogP contribution in [0.15, 0.2) is 41.4 Å². The normalized spacial score (nSPS) is 22.2. The van der Waals surface area contributed by atoms with Gasteiger partial charge in [-0.25, -0.2) is 0 Å². The van der Waals surface area contributed by atoms with Gasteiger partial charge >= 0.3 is 0 Å². The molecule has 2 aromatic heterocycles. The van der Waals surface area contributed by atoms with Crippen LogP contribution >= 0.6 is 0 Å². The number of aromatic nitrogens is 2. The van der Waals surface area contributed by atoms with Crippen LogP contribution in [-0.2, 0) is 17.9 Å². The highest BCUT2D eigenvalue weighted by Crippen LogP contribution is 2.24. The molecular weight excluding hydrogens is 354 g/mol. The quantitative estimate of drug-likeness (QED) is 0.823. The van der Waals surface area contributed by atoms with E-state index in [0.29, 0.717) is 12.6 Å². The number of piperidine rings is 2. The van der Waals surface area contributed by atoms with Gasteiger partial charge < -0.3 is 9.84 Å². The molecule has 0 unspecified atom stereocenters. The second-order valence-electron chi connectivity index (χ2n) is 7.91. The Bertz CT molecular complexity index is 729. The van der Waals surface area contributed by atoms with Crippen molar-refractivity contribution >= 4 is 5.91 Å². The van der Waals surface area contributed by atoms with E-state index >= 15 is 0 Å². The van der Waals surface area contributed by atoms with E-state index in [0.717, 1.165) is 51.3 Å². The van der Waals surface area contributed by atoms with E-state index in [1.165, 1.54) is 24.7 Å². The second-order valence-corrected chi connectivity index (χ2v) is 7.91. The number of likely N-dealkylation sites (tertiary alicyclic amines) is 2. The first kappa shape index (κ1) is 19.1. The molecule has 2 aliphatic heterocycles. The predicted molar refractivity (Wildman–Crippen MR) is 105 cm³/mol. The molecule has 2 fully saturated rings. The number of pyridine rings is 1. The van der Waals surface area contributed by atoms with Gasteiger partial charge in [0.2, 0.25) is 5.91 Å². The lowest BCUT2D eigenvalue weighted by Gasteiger charge is -2.42. The molecule has 1 atom stereocenters. The fourth-order valence-electron chi connectivity index (χ4n) is 4.39. The Morgan fingerprint density at radius 1 is 1.14 bits per heavy atom. The van der Waals surface area contributed by atoms with Crippen molar-refractivity contribution in [2.24, 2.45) is 5.92 Å². The van der Waals surface area contributed by atoms with Gasteiger partial charge in [-0.15, -0.1) is 0 Å². The van der Waals surface area contributed by atoms with Gasteiger partial charge in [-0.3, -0.25) is 19.6 Å². The Balaban J connectivity index is 1.23. The van der Waals surface area contributed by atoms with Gasteiger partial charge in [0.1, 0.15) is 12.0 Å². The van der Waals surface area contributed by atoms with Crippen LogP contribution in [0.3, 0.4) is 0 Å². The molecule has 2 aliphatic rings. The third-order valence-corrected chi connectivity index (χ3v) is 5.99. The van der Waals surface area contributed by atoms with Gasteiger partial charge in [0.25, 0.3) is 0 Å². The molecule has 0 saturated carbocycles. The highest BCUT2D eigenvalue weighted by atomic mass is 16.5. The van der Waals surface area contributed by atoms with E-state index in [9.17, 15) is 4.79 Å². The first-order valence-electron chi connectivity index (χ1n) is 10.3. The van der Waals surface area contributed by atoms with Gasteiger partial charge in [0.15, 0.2) is 0 Å². The Morgan fingerprint density at radius 3 is 2.71 bits per heavy atom. The topological polar surface area (TPSA) is 74.5 Å². The fourth-order valence-corrected chi connectivity index (χ4v) is 4.39. The van der Waals surface area contributed by atoms with Crippen LogP contribution in [0, 0.1) is 5.92 Å². The number of carbonyl (C=O) groups excluding carboxylic acids is 1. The van der Waals surface area contributed by atoms with Gasteiger partial charge in [-0.05, 0) is 63.0 Å². The first-order valence-corrected chi connectivity index (χ1v) is 10.3. The standard InChI is InChI=1S/C21H29N5O2/c27-21(23-14-19-7-13-28-24-19)18-2-1-10-26(16-18)20-5-11-25(12-6-20)15-17-3-8-22-9-4-17/h3-4,7-9,13,18,20H,1-2,5-6,10-12,14-16H2,(H,23,27)/t18-/m1/s1. The Kier molecular flexibility index (Phi) is 6.34. The van der Waals surface area contributed by atoms with Crippen molar-refractivity contribution in [3.05, 3.63) is 48.1 Å². The molecule has 1 amide bonds. The summed E-state index contributed by atoms with van der Waals surface area (Å²) in [5.74, 6) is 0.221. The largest absolute Gasteiger partial charge is 0.364 e. The van der Waals surface area contributed by atoms with Crippen LogP contribution in [0.4, 0.5) is 0 Å². The number of carbonyl (C=O) groups is 1. The lowest BCUT2D eigenvalue weighted by atomic mass is 9.93. The molecule has 0 aromatic carbocycles. The molecule has 7 nitrogen and oxygen atoms in total. The lowest BCUT2D eigenvalue weighted by Crippen LogP contribution is -2.50. The summed E-state index contributed by atoms with van der Waals surface area (Å²) in [6.45, 7) is 5.67. The lowest BCUT2D eigenvalue weighted by molar-refractivity contribution is -0.127. The summed E-state index contributed by atoms with van der Waals surface area (Å²) in [7, 11) is 0. The van der Waals surface area contributed by atoms with Crippen molar-refractivity contribution in [3.8, 4) is 0 Å². The van der Waals surface area contributed by atoms with Crippen LogP contribution in [0.5, 0.6) is 0 Å². The number of rotatable bonds is 6. The maximum Gasteiger partial charge on any atom is 0.224 e. The maximum atomic E-state index is 12.6. The third-order valence-electron chi connectivity index (χ3n) is 5.99. The zero-order valence-electron chi connectivity index (χ0n) is 16.3. The molecule has 28 heavy (non-hydrogen) atoms. The Morgan fingerprint density at radius 2 is 1.96 bits per heavy atom. The van der Waals surface area contributed by atoms with E-state index < -0.39 is 0 Å². The average Bonchev–Trinajstić information content (AvgIpc) is 3.27. The van der Waals surface area contributed by atoms with E-state index in [2.05, 4.69) is 37.4 Å². The van der Waals surface area contributed by atoms with Gasteiger partial charge in [0.05, 0.1) is 12.5 Å². The van der Waals surface area contributed by atoms with Crippen LogP contribution in [-0.4, -0.2) is 58.1 Å². The predicted octanol–water partition coefficient (Wildman–Crippen LogP) is 2.06. The summed E-state index contributed by atoms with van der Waals surface area (Å²) in [5.41, 5.74) is 2.10. The molecule has 0 radical (unpaired) electrons. The van der Waals surface area contributed by atoms with Crippen molar-refractivity contribution < 1.29 is 9.32 Å². The molecule has 4 heterocycles. The van der Waals surface area contributed by atoms with E-state index in [1.54, 1.807) is 6.07 Å². The van der Waals surface area contributed by atoms with Gasteiger partial charge in [-0.2, -0.15) is 0 Å². The molecule has 1 N–H and O–H groups in total. The van der Waals surface area contributed by atoms with E-state index in [4.69, 9.17) is 4.52 Å². The van der Waals surface area contributed by atoms with Crippen molar-refractivity contribution in [2.45, 2.75) is 44.8 Å². The molecule has 0 aliphatic carbocycles. The smallest absolute Gasteiger partial charge is 0.224 e. The molecule has 4 rings (SSSR count). The monoisotopic (exact) mass is 383 g/mol. The van der Waals surface area contributed by atoms with Crippen LogP contribution in [0.25, 0.3) is 0 Å². The van der Waals surface area contributed by atoms with Crippen LogP contribution < -0.4 is 5.32 Å². The first-order chi connectivity index (χ1) is 13.8. The zero-order valence-corrected chi connectivity index (χ0v) is 16.3. The molecule has 0 spiro atoms. The minimum atomic E-state index is 0.0792. The van der Waals surface area contributed by atoms with Crippen molar-refractivity contribution in [1.82, 2.24) is 25.3 Å². The molecule has 150 valence electrons. The number of nitrogens with one attached hydrogen (secondary N) is 1. The third kappa shape index (κ3) is 4.97. The Hall–Kier alpha value is -2.25. The number of nitrogens with zero attached hydrogens (tertiary/aromatic N) is 4. The second kappa shape index (κ2) is 9.30. The maximum absolute atomic E-state index is 12.6. The van der Waals surface area contributed by atoms with Crippen LogP contribution in [0.1, 0.15) is 36.9 Å². The minimum Gasteiger partial charge on any atom is -0.364 e. The highest BCUT2D eigenvalue weighted by Gasteiger charge is 2.31. The van der Waals surface area contributed by atoms with Gasteiger partial charge in [0, 0.05) is 37.6 Å². The Labute approximate surface area is 166 Å². The summed E-state index contributed by atoms with van der Waals surface area (Å²) in [5, 5.41) is 6.86. The van der Waals surface area contributed by atoms with Crippen molar-refractivity contribution in [1.29, 1.82) is 0 Å². The zero-order chi connectivity index (χ0) is 19.2. The summed E-state index contributed by atoms with van der Waals surface area (Å²) in [6, 6.07) is 6.57. The fraction of sp³-hybridized carbons (Fsp3) is 0.571. The van der Waals surface area contributed by atoms with Crippen molar-refractivity contribution in [3.63, 3.8) is 0 Å². The summed E-state index contributed by atoms with van der Waals surface area (Å²) >= 11 is 0. The summed E-state index contributed by atoms with van der Waals surface area (Å²) < 4.78 is 4.82. The number of hydrogen-bond donors (Lipinski definition) is 1. The van der Waals surface area contributed by atoms with Crippen molar-refractivity contribution in [2.75, 3.05) is 26.2 Å². The summed E-state index contributed by atoms with van der Waals surface area (Å²) in [6.07, 6.45) is 9.69. The van der Waals surface area contributed by atoms with E-state index in [-0.39, 0.29) is 11.8 Å². The molecule has 0 bridgehead atoms. The molecular formula is C21H29N5O2. The van der Waals surface area contributed by atoms with Crippen LogP contribution in [0.2, 0.25) is 0 Å². The van der Waals surface area contributed by atoms with Gasteiger partial charge in [-0.1, -0.05) is 5.16 Å². The molecule has 2 aromatic rings. The van der Waals surface area contributed by atoms with E-state index in [1.807, 2.05) is 12.4 Å². The SMILES string of the molecule is O=C(NCc1ccon1)[C@@H]1CCCN(C2CCN(Cc3ccncc3)CC2)C1. The highest BCUT2D eigenvalue weighted by molar-refractivity contribution is 5.78. The minimum absolute atomic E-state index is 0.0792. The molecule has 7 heteroatoms. The summed E-state index contributed by atoms with van der Waals surface area (Å²) in [4.78, 5) is 21.7. The number of hydrogen-bond acceptors (Lipinski definition) is 6. The average molecular weight is 383 g/mol. The molecule has 2 saturated heterocycles. The number of amides is 1.